The van der Waals surface area contributed by atoms with E-state index in [1.807, 2.05) is 55.3 Å². The Labute approximate surface area is 276 Å². The van der Waals surface area contributed by atoms with Crippen LogP contribution in [0, 0.1) is 5.92 Å². The molecule has 4 aromatic rings. The Bertz CT molecular complexity index is 1450. The maximum absolute atomic E-state index is 12.8. The minimum atomic E-state index is -0.175. The number of fused-ring (bicyclic) bond motifs is 1. The largest absolute Gasteiger partial charge is 0.469 e. The molecule has 248 valence electrons. The number of nitrogens with one attached hydrogen (secondary N) is 1. The molecule has 3 aromatic carbocycles. The van der Waals surface area contributed by atoms with Crippen molar-refractivity contribution in [2.24, 2.45) is 5.92 Å². The second-order valence-electron chi connectivity index (χ2n) is 12.4. The standard InChI is InChI=1S/C20H26N2O.C19H28N2O2/c1-3-14-21-19(15-17-10-6-4-7-11-17)20(23)22(2)16-18-12-8-5-9-13-18;1-15(19(22)23-4)13-16-14-21(12-8-7-11-20(2)3)18-10-6-5-9-17(16)18/h4-13,19,21H,3,14-16H2,1-2H3;5-6,9-10,14-15H,7-8,11-13H2,1-4H3. The summed E-state index contributed by atoms with van der Waals surface area (Å²) in [5.41, 5.74) is 4.82. The Morgan fingerprint density at radius 2 is 1.48 bits per heavy atom. The highest BCUT2D eigenvalue weighted by atomic mass is 16.5. The average Bonchev–Trinajstić information content (AvgIpc) is 3.42. The zero-order valence-corrected chi connectivity index (χ0v) is 28.7. The van der Waals surface area contributed by atoms with Gasteiger partial charge < -0.3 is 24.4 Å². The van der Waals surface area contributed by atoms with E-state index in [-0.39, 0.29) is 23.8 Å². The molecule has 7 nitrogen and oxygen atoms in total. The fraction of sp³-hybridized carbons (Fsp3) is 0.436. The summed E-state index contributed by atoms with van der Waals surface area (Å²) in [5, 5.41) is 4.64. The number of carbonyl (C=O) groups is 2. The molecule has 0 saturated carbocycles. The Kier molecular flexibility index (Phi) is 15.5. The third-order valence-electron chi connectivity index (χ3n) is 8.12. The third kappa shape index (κ3) is 11.8. The van der Waals surface area contributed by atoms with Crippen molar-refractivity contribution >= 4 is 22.8 Å². The van der Waals surface area contributed by atoms with Crippen LogP contribution in [0.25, 0.3) is 10.9 Å². The first-order chi connectivity index (χ1) is 22.2. The lowest BCUT2D eigenvalue weighted by molar-refractivity contribution is -0.144. The topological polar surface area (TPSA) is 66.8 Å². The van der Waals surface area contributed by atoms with E-state index in [4.69, 9.17) is 4.74 Å². The molecule has 4 rings (SSSR count). The quantitative estimate of drug-likeness (QED) is 0.112. The van der Waals surface area contributed by atoms with Crippen LogP contribution in [0.3, 0.4) is 0 Å². The van der Waals surface area contributed by atoms with E-state index < -0.39 is 0 Å². The number of aryl methyl sites for hydroxylation is 1. The lowest BCUT2D eigenvalue weighted by atomic mass is 10.0. The SMILES string of the molecule is CCCNC(Cc1ccccc1)C(=O)N(C)Cc1ccccc1.COC(=O)C(C)Cc1cn(CCCCN(C)C)c2ccccc12. The number of hydrogen-bond donors (Lipinski definition) is 1. The zero-order valence-electron chi connectivity index (χ0n) is 28.7. The van der Waals surface area contributed by atoms with Crippen LogP contribution >= 0.6 is 0 Å². The van der Waals surface area contributed by atoms with Crippen LogP contribution in [0.1, 0.15) is 49.8 Å². The smallest absolute Gasteiger partial charge is 0.308 e. The molecule has 1 aromatic heterocycles. The number of para-hydroxylation sites is 1. The summed E-state index contributed by atoms with van der Waals surface area (Å²) in [5.74, 6) is -0.119. The second kappa shape index (κ2) is 19.5. The first-order valence-corrected chi connectivity index (χ1v) is 16.6. The van der Waals surface area contributed by atoms with E-state index in [0.29, 0.717) is 6.54 Å². The van der Waals surface area contributed by atoms with Crippen LogP contribution in [0.5, 0.6) is 0 Å². The van der Waals surface area contributed by atoms with Crippen molar-refractivity contribution in [1.29, 1.82) is 0 Å². The summed E-state index contributed by atoms with van der Waals surface area (Å²) in [6, 6.07) is 28.6. The van der Waals surface area contributed by atoms with E-state index in [0.717, 1.165) is 50.9 Å². The summed E-state index contributed by atoms with van der Waals surface area (Å²) in [4.78, 5) is 28.6. The van der Waals surface area contributed by atoms with Crippen LogP contribution in [0.15, 0.2) is 91.1 Å². The summed E-state index contributed by atoms with van der Waals surface area (Å²) >= 11 is 0. The first kappa shape index (κ1) is 36.5. The van der Waals surface area contributed by atoms with Gasteiger partial charge in [0.2, 0.25) is 5.91 Å². The Balaban J connectivity index is 0.000000250. The van der Waals surface area contributed by atoms with Crippen molar-refractivity contribution in [1.82, 2.24) is 19.7 Å². The molecule has 0 spiro atoms. The second-order valence-corrected chi connectivity index (χ2v) is 12.4. The van der Waals surface area contributed by atoms with Gasteiger partial charge in [-0.2, -0.15) is 0 Å². The van der Waals surface area contributed by atoms with Crippen molar-refractivity contribution < 1.29 is 14.3 Å². The van der Waals surface area contributed by atoms with Gasteiger partial charge in [0.1, 0.15) is 0 Å². The van der Waals surface area contributed by atoms with Gasteiger partial charge in [-0.3, -0.25) is 9.59 Å². The summed E-state index contributed by atoms with van der Waals surface area (Å²) in [6.07, 6.45) is 7.01. The van der Waals surface area contributed by atoms with Crippen molar-refractivity contribution in [3.8, 4) is 0 Å². The number of aromatic nitrogens is 1. The summed E-state index contributed by atoms with van der Waals surface area (Å²) in [7, 11) is 7.54. The number of carbonyl (C=O) groups excluding carboxylic acids is 2. The molecule has 0 aliphatic rings. The molecule has 2 atom stereocenters. The highest BCUT2D eigenvalue weighted by Crippen LogP contribution is 2.24. The lowest BCUT2D eigenvalue weighted by Gasteiger charge is -2.25. The van der Waals surface area contributed by atoms with Gasteiger partial charge in [0.05, 0.1) is 19.1 Å². The maximum atomic E-state index is 12.8. The molecule has 0 aliphatic carbocycles. The summed E-state index contributed by atoms with van der Waals surface area (Å²) in [6.45, 7) is 7.66. The minimum absolute atomic E-state index is 0.118. The molecule has 1 N–H and O–H groups in total. The number of rotatable bonds is 16. The highest BCUT2D eigenvalue weighted by molar-refractivity contribution is 5.85. The number of methoxy groups -OCH3 is 1. The average molecular weight is 627 g/mol. The fourth-order valence-electron chi connectivity index (χ4n) is 5.61. The van der Waals surface area contributed by atoms with Crippen LogP contribution in [0.2, 0.25) is 0 Å². The molecule has 1 amide bonds. The predicted molar refractivity (Wildman–Crippen MR) is 190 cm³/mol. The molecule has 0 fully saturated rings. The Morgan fingerprint density at radius 1 is 0.848 bits per heavy atom. The van der Waals surface area contributed by atoms with Crippen LogP contribution < -0.4 is 5.32 Å². The third-order valence-corrected chi connectivity index (χ3v) is 8.12. The summed E-state index contributed by atoms with van der Waals surface area (Å²) < 4.78 is 7.18. The number of unbranched alkanes of at least 4 members (excludes halogenated alkanes) is 1. The normalized spacial score (nSPS) is 12.3. The number of esters is 1. The molecule has 2 unspecified atom stereocenters. The van der Waals surface area contributed by atoms with Crippen molar-refractivity contribution in [2.75, 3.05) is 41.3 Å². The predicted octanol–water partition coefficient (Wildman–Crippen LogP) is 6.59. The number of amides is 1. The van der Waals surface area contributed by atoms with Crippen LogP contribution in [-0.2, 0) is 40.3 Å². The maximum Gasteiger partial charge on any atom is 0.308 e. The molecular weight excluding hydrogens is 572 g/mol. The zero-order chi connectivity index (χ0) is 33.3. The van der Waals surface area contributed by atoms with Gasteiger partial charge in [-0.25, -0.2) is 0 Å². The van der Waals surface area contributed by atoms with E-state index in [9.17, 15) is 9.59 Å². The monoisotopic (exact) mass is 626 g/mol. The Hall–Kier alpha value is -3.94. The number of likely N-dealkylation sites (N-methyl/N-ethyl adjacent to an activating group) is 1. The van der Waals surface area contributed by atoms with Gasteiger partial charge in [-0.1, -0.05) is 92.7 Å². The first-order valence-electron chi connectivity index (χ1n) is 16.6. The van der Waals surface area contributed by atoms with Gasteiger partial charge >= 0.3 is 5.97 Å². The van der Waals surface area contributed by atoms with Crippen molar-refractivity contribution in [3.63, 3.8) is 0 Å². The number of nitrogens with zero attached hydrogens (tertiary/aromatic N) is 3. The number of benzene rings is 3. The molecule has 46 heavy (non-hydrogen) atoms. The van der Waals surface area contributed by atoms with Gasteiger partial charge in [0, 0.05) is 37.2 Å². The minimum Gasteiger partial charge on any atom is -0.469 e. The molecular formula is C39H54N4O3. The Morgan fingerprint density at radius 3 is 2.11 bits per heavy atom. The number of hydrogen-bond acceptors (Lipinski definition) is 5. The number of ether oxygens (including phenoxy) is 1. The molecule has 1 heterocycles. The van der Waals surface area contributed by atoms with Crippen LogP contribution in [0.4, 0.5) is 0 Å². The van der Waals surface area contributed by atoms with Crippen molar-refractivity contribution in [2.45, 2.75) is 65.1 Å². The van der Waals surface area contributed by atoms with Gasteiger partial charge in [0.25, 0.3) is 0 Å². The van der Waals surface area contributed by atoms with Crippen LogP contribution in [-0.4, -0.2) is 73.6 Å². The van der Waals surface area contributed by atoms with E-state index in [1.165, 1.54) is 35.6 Å². The molecule has 0 bridgehead atoms. The van der Waals surface area contributed by atoms with Crippen molar-refractivity contribution in [3.05, 3.63) is 108 Å². The van der Waals surface area contributed by atoms with E-state index in [1.54, 1.807) is 0 Å². The lowest BCUT2D eigenvalue weighted by Crippen LogP contribution is -2.46. The van der Waals surface area contributed by atoms with E-state index in [2.05, 4.69) is 90.5 Å². The van der Waals surface area contributed by atoms with Gasteiger partial charge in [-0.05, 0) is 82.0 Å². The van der Waals surface area contributed by atoms with Gasteiger partial charge in [0.15, 0.2) is 0 Å². The molecule has 0 saturated heterocycles. The fourth-order valence-corrected chi connectivity index (χ4v) is 5.61. The highest BCUT2D eigenvalue weighted by Gasteiger charge is 2.22. The molecule has 0 aliphatic heterocycles. The van der Waals surface area contributed by atoms with E-state index >= 15 is 0 Å². The molecule has 0 radical (unpaired) electrons. The molecule has 7 heteroatoms. The van der Waals surface area contributed by atoms with Gasteiger partial charge in [-0.15, -0.1) is 0 Å².